The zero-order valence-corrected chi connectivity index (χ0v) is 13.3. The Hall–Kier alpha value is -1.06. The molecule has 1 aliphatic heterocycles. The quantitative estimate of drug-likeness (QED) is 0.729. The lowest BCUT2D eigenvalue weighted by Crippen LogP contribution is -2.47. The zero-order valence-electron chi connectivity index (χ0n) is 11.7. The van der Waals surface area contributed by atoms with Gasteiger partial charge in [0.1, 0.15) is 4.88 Å². The fourth-order valence-corrected chi connectivity index (χ4v) is 4.55. The van der Waals surface area contributed by atoms with E-state index in [4.69, 9.17) is 11.6 Å². The highest BCUT2D eigenvalue weighted by Crippen LogP contribution is 2.37. The standard InChI is InChI=1S/C16H18ClNOS/c1-10-6-5-7-11(2)18(10)16(19)15-14(17)12-8-3-4-9-13(12)20-15/h3-4,8-11H,5-7H2,1-2H3/t10-,11+. The molecular formula is C16H18ClNOS. The van der Waals surface area contributed by atoms with E-state index >= 15 is 0 Å². The molecular weight excluding hydrogens is 290 g/mol. The highest BCUT2D eigenvalue weighted by Gasteiger charge is 2.31. The summed E-state index contributed by atoms with van der Waals surface area (Å²) in [6, 6.07) is 8.54. The Morgan fingerprint density at radius 3 is 2.55 bits per heavy atom. The summed E-state index contributed by atoms with van der Waals surface area (Å²) in [5, 5.41) is 1.60. The monoisotopic (exact) mass is 307 g/mol. The number of benzene rings is 1. The molecule has 20 heavy (non-hydrogen) atoms. The van der Waals surface area contributed by atoms with Crippen LogP contribution in [0.5, 0.6) is 0 Å². The van der Waals surface area contributed by atoms with Crippen molar-refractivity contribution < 1.29 is 4.79 Å². The van der Waals surface area contributed by atoms with Crippen LogP contribution in [0.1, 0.15) is 42.8 Å². The number of rotatable bonds is 1. The summed E-state index contributed by atoms with van der Waals surface area (Å²) < 4.78 is 1.08. The third-order valence-electron chi connectivity index (χ3n) is 4.16. The van der Waals surface area contributed by atoms with Crippen molar-refractivity contribution in [2.24, 2.45) is 0 Å². The number of likely N-dealkylation sites (tertiary alicyclic amines) is 1. The molecule has 106 valence electrons. The maximum atomic E-state index is 12.9. The number of carbonyl (C=O) groups is 1. The molecule has 0 saturated carbocycles. The normalized spacial score (nSPS) is 23.2. The molecule has 0 bridgehead atoms. The SMILES string of the molecule is C[C@@H]1CCC[C@H](C)N1C(=O)c1sc2ccccc2c1Cl. The summed E-state index contributed by atoms with van der Waals surface area (Å²) in [5.41, 5.74) is 0. The summed E-state index contributed by atoms with van der Waals surface area (Å²) >= 11 is 7.94. The van der Waals surface area contributed by atoms with Crippen LogP contribution in [0.4, 0.5) is 0 Å². The topological polar surface area (TPSA) is 20.3 Å². The van der Waals surface area contributed by atoms with Crippen molar-refractivity contribution in [1.82, 2.24) is 4.90 Å². The lowest BCUT2D eigenvalue weighted by atomic mass is 9.97. The van der Waals surface area contributed by atoms with Crippen LogP contribution in [-0.2, 0) is 0 Å². The van der Waals surface area contributed by atoms with Gasteiger partial charge in [-0.3, -0.25) is 4.79 Å². The fourth-order valence-electron chi connectivity index (χ4n) is 3.09. The number of amides is 1. The van der Waals surface area contributed by atoms with Gasteiger partial charge in [0, 0.05) is 22.2 Å². The number of hydrogen-bond donors (Lipinski definition) is 0. The van der Waals surface area contributed by atoms with E-state index in [-0.39, 0.29) is 5.91 Å². The number of halogens is 1. The maximum absolute atomic E-state index is 12.9. The van der Waals surface area contributed by atoms with Crippen LogP contribution >= 0.6 is 22.9 Å². The van der Waals surface area contributed by atoms with Gasteiger partial charge in [-0.1, -0.05) is 29.8 Å². The van der Waals surface area contributed by atoms with Crippen molar-refractivity contribution in [1.29, 1.82) is 0 Å². The van der Waals surface area contributed by atoms with Crippen LogP contribution in [0.3, 0.4) is 0 Å². The third-order valence-corrected chi connectivity index (χ3v) is 5.82. The van der Waals surface area contributed by atoms with Crippen molar-refractivity contribution in [3.05, 3.63) is 34.2 Å². The molecule has 1 aromatic carbocycles. The second-order valence-corrected chi connectivity index (χ2v) is 7.01. The lowest BCUT2D eigenvalue weighted by Gasteiger charge is -2.38. The number of carbonyl (C=O) groups excluding carboxylic acids is 1. The van der Waals surface area contributed by atoms with E-state index in [0.29, 0.717) is 22.0 Å². The minimum absolute atomic E-state index is 0.0934. The Morgan fingerprint density at radius 2 is 1.90 bits per heavy atom. The van der Waals surface area contributed by atoms with Gasteiger partial charge in [0.2, 0.25) is 0 Å². The van der Waals surface area contributed by atoms with Crippen molar-refractivity contribution in [3.8, 4) is 0 Å². The van der Waals surface area contributed by atoms with Gasteiger partial charge in [-0.25, -0.2) is 0 Å². The largest absolute Gasteiger partial charge is 0.332 e. The Kier molecular flexibility index (Phi) is 3.74. The molecule has 4 heteroatoms. The molecule has 1 amide bonds. The molecule has 0 spiro atoms. The van der Waals surface area contributed by atoms with E-state index in [2.05, 4.69) is 13.8 Å². The molecule has 2 nitrogen and oxygen atoms in total. The van der Waals surface area contributed by atoms with Crippen LogP contribution in [0.2, 0.25) is 5.02 Å². The number of fused-ring (bicyclic) bond motifs is 1. The summed E-state index contributed by atoms with van der Waals surface area (Å²) in [4.78, 5) is 15.6. The molecule has 2 atom stereocenters. The van der Waals surface area contributed by atoms with Crippen LogP contribution < -0.4 is 0 Å². The molecule has 3 rings (SSSR count). The van der Waals surface area contributed by atoms with E-state index in [1.165, 1.54) is 17.8 Å². The predicted octanol–water partition coefficient (Wildman–Crippen LogP) is 4.96. The number of thiophene rings is 1. The second-order valence-electron chi connectivity index (χ2n) is 5.58. The van der Waals surface area contributed by atoms with Crippen molar-refractivity contribution in [2.75, 3.05) is 0 Å². The van der Waals surface area contributed by atoms with Crippen LogP contribution in [0.25, 0.3) is 10.1 Å². The molecule has 2 heterocycles. The van der Waals surface area contributed by atoms with Gasteiger partial charge in [0.15, 0.2) is 0 Å². The predicted molar refractivity (Wildman–Crippen MR) is 85.8 cm³/mol. The van der Waals surface area contributed by atoms with Gasteiger partial charge in [-0.2, -0.15) is 0 Å². The summed E-state index contributed by atoms with van der Waals surface area (Å²) in [5.74, 6) is 0.0934. The second kappa shape index (κ2) is 5.38. The van der Waals surface area contributed by atoms with E-state index in [0.717, 1.165) is 22.9 Å². The average molecular weight is 308 g/mol. The number of hydrogen-bond acceptors (Lipinski definition) is 2. The van der Waals surface area contributed by atoms with Gasteiger partial charge in [0.25, 0.3) is 5.91 Å². The Balaban J connectivity index is 2.01. The first kappa shape index (κ1) is 13.9. The van der Waals surface area contributed by atoms with E-state index in [9.17, 15) is 4.79 Å². The average Bonchev–Trinajstić information content (AvgIpc) is 2.76. The van der Waals surface area contributed by atoms with Crippen molar-refractivity contribution in [3.63, 3.8) is 0 Å². The van der Waals surface area contributed by atoms with E-state index in [1.807, 2.05) is 29.2 Å². The van der Waals surface area contributed by atoms with Crippen LogP contribution in [0.15, 0.2) is 24.3 Å². The summed E-state index contributed by atoms with van der Waals surface area (Å²) in [7, 11) is 0. The summed E-state index contributed by atoms with van der Waals surface area (Å²) in [6.45, 7) is 4.27. The van der Waals surface area contributed by atoms with Crippen molar-refractivity contribution >= 4 is 38.9 Å². The fraction of sp³-hybridized carbons (Fsp3) is 0.438. The highest BCUT2D eigenvalue weighted by molar-refractivity contribution is 7.21. The van der Waals surface area contributed by atoms with Gasteiger partial charge in [-0.05, 0) is 39.2 Å². The first-order valence-electron chi connectivity index (χ1n) is 7.09. The molecule has 2 aromatic rings. The molecule has 0 unspecified atom stereocenters. The van der Waals surface area contributed by atoms with Gasteiger partial charge in [-0.15, -0.1) is 11.3 Å². The first-order valence-corrected chi connectivity index (χ1v) is 8.28. The molecule has 1 aliphatic rings. The van der Waals surface area contributed by atoms with Crippen molar-refractivity contribution in [2.45, 2.75) is 45.2 Å². The minimum atomic E-state index is 0.0934. The molecule has 0 aliphatic carbocycles. The van der Waals surface area contributed by atoms with E-state index < -0.39 is 0 Å². The molecule has 1 saturated heterocycles. The molecule has 0 N–H and O–H groups in total. The van der Waals surface area contributed by atoms with E-state index in [1.54, 1.807) is 0 Å². The minimum Gasteiger partial charge on any atom is -0.332 e. The number of nitrogens with zero attached hydrogens (tertiary/aromatic N) is 1. The molecule has 1 aromatic heterocycles. The Labute approximate surface area is 128 Å². The maximum Gasteiger partial charge on any atom is 0.265 e. The van der Waals surface area contributed by atoms with Gasteiger partial charge < -0.3 is 4.90 Å². The number of piperidine rings is 1. The van der Waals surface area contributed by atoms with Gasteiger partial charge >= 0.3 is 0 Å². The molecule has 0 radical (unpaired) electrons. The zero-order chi connectivity index (χ0) is 14.3. The van der Waals surface area contributed by atoms with Crippen LogP contribution in [0, 0.1) is 0 Å². The molecule has 1 fully saturated rings. The Morgan fingerprint density at radius 1 is 1.25 bits per heavy atom. The first-order chi connectivity index (χ1) is 9.59. The smallest absolute Gasteiger partial charge is 0.265 e. The Bertz CT molecular complexity index is 641. The lowest BCUT2D eigenvalue weighted by molar-refractivity contribution is 0.0516. The van der Waals surface area contributed by atoms with Crippen LogP contribution in [-0.4, -0.2) is 22.9 Å². The van der Waals surface area contributed by atoms with Gasteiger partial charge in [0.05, 0.1) is 5.02 Å². The summed E-state index contributed by atoms with van der Waals surface area (Å²) in [6.07, 6.45) is 3.36. The highest BCUT2D eigenvalue weighted by atomic mass is 35.5. The third kappa shape index (κ3) is 2.23.